The molecule has 0 aliphatic carbocycles. The van der Waals surface area contributed by atoms with Crippen molar-refractivity contribution >= 4 is 43.1 Å². The first-order valence-corrected chi connectivity index (χ1v) is 8.07. The molecule has 0 bridgehead atoms. The number of carbonyl (C=O) groups is 1. The molecular weight excluding hydrogens is 310 g/mol. The van der Waals surface area contributed by atoms with E-state index >= 15 is 0 Å². The van der Waals surface area contributed by atoms with Crippen LogP contribution < -0.4 is 5.32 Å². The molecule has 0 saturated carbocycles. The molecular formula is C14H16BrNOS. The first-order chi connectivity index (χ1) is 8.76. The topological polar surface area (TPSA) is 29.1 Å². The molecule has 1 unspecified atom stereocenters. The maximum atomic E-state index is 12.4. The number of hydrogen-bond acceptors (Lipinski definition) is 3. The summed E-state index contributed by atoms with van der Waals surface area (Å²) in [6.07, 6.45) is 0.815. The van der Waals surface area contributed by atoms with Crippen LogP contribution in [-0.2, 0) is 0 Å². The normalized spacial score (nSPS) is 12.8. The van der Waals surface area contributed by atoms with Crippen molar-refractivity contribution in [3.63, 3.8) is 0 Å². The van der Waals surface area contributed by atoms with Crippen LogP contribution in [0.1, 0.15) is 23.7 Å². The highest BCUT2D eigenvalue weighted by Crippen LogP contribution is 2.22. The highest BCUT2D eigenvalue weighted by atomic mass is 79.9. The molecule has 2 rings (SSSR count). The smallest absolute Gasteiger partial charge is 0.179 e. The molecule has 1 aromatic heterocycles. The largest absolute Gasteiger partial charge is 0.307 e. The number of benzene rings is 1. The van der Waals surface area contributed by atoms with Crippen molar-refractivity contribution in [2.45, 2.75) is 19.4 Å². The summed E-state index contributed by atoms with van der Waals surface area (Å²) in [5, 5.41) is 7.34. The number of Topliss-reactive ketones (excluding diaryl/α,β-unsaturated/α-hetero) is 1. The van der Waals surface area contributed by atoms with Crippen LogP contribution in [-0.4, -0.2) is 23.7 Å². The number of likely N-dealkylation sites (N-methyl/N-ethyl adjacent to an activating group) is 1. The van der Waals surface area contributed by atoms with Crippen molar-refractivity contribution in [1.82, 2.24) is 5.32 Å². The maximum Gasteiger partial charge on any atom is 0.179 e. The lowest BCUT2D eigenvalue weighted by molar-refractivity contribution is 0.0942. The average molecular weight is 326 g/mol. The fraction of sp³-hybridized carbons (Fsp3) is 0.357. The van der Waals surface area contributed by atoms with Crippen LogP contribution in [0.3, 0.4) is 0 Å². The van der Waals surface area contributed by atoms with Crippen molar-refractivity contribution in [3.8, 4) is 0 Å². The van der Waals surface area contributed by atoms with E-state index in [2.05, 4.69) is 32.7 Å². The predicted molar refractivity (Wildman–Crippen MR) is 82.0 cm³/mol. The van der Waals surface area contributed by atoms with Gasteiger partial charge in [-0.25, -0.2) is 0 Å². The third kappa shape index (κ3) is 2.99. The monoisotopic (exact) mass is 325 g/mol. The lowest BCUT2D eigenvalue weighted by atomic mass is 10.0. The highest BCUT2D eigenvalue weighted by molar-refractivity contribution is 9.09. The molecule has 0 radical (unpaired) electrons. The van der Waals surface area contributed by atoms with Crippen molar-refractivity contribution in [1.29, 1.82) is 0 Å². The van der Waals surface area contributed by atoms with E-state index in [0.717, 1.165) is 23.9 Å². The molecule has 4 heteroatoms. The predicted octanol–water partition coefficient (Wildman–Crippen LogP) is 3.85. The van der Waals surface area contributed by atoms with Crippen molar-refractivity contribution in [2.75, 3.05) is 11.9 Å². The molecule has 96 valence electrons. The van der Waals surface area contributed by atoms with E-state index in [-0.39, 0.29) is 11.8 Å². The Bertz CT molecular complexity index is 531. The van der Waals surface area contributed by atoms with E-state index in [0.29, 0.717) is 0 Å². The zero-order chi connectivity index (χ0) is 13.0. The number of rotatable bonds is 6. The molecule has 18 heavy (non-hydrogen) atoms. The van der Waals surface area contributed by atoms with Gasteiger partial charge >= 0.3 is 0 Å². The fourth-order valence-electron chi connectivity index (χ4n) is 1.99. The first kappa shape index (κ1) is 13.7. The van der Waals surface area contributed by atoms with Crippen molar-refractivity contribution in [3.05, 3.63) is 35.2 Å². The number of nitrogens with one attached hydrogen (secondary N) is 1. The Hall–Kier alpha value is -0.710. The van der Waals surface area contributed by atoms with Crippen LogP contribution in [0.2, 0.25) is 0 Å². The summed E-state index contributed by atoms with van der Waals surface area (Å²) in [4.78, 5) is 12.4. The summed E-state index contributed by atoms with van der Waals surface area (Å²) in [6.45, 7) is 2.83. The minimum atomic E-state index is -0.0909. The molecule has 1 atom stereocenters. The third-order valence-electron chi connectivity index (χ3n) is 2.91. The summed E-state index contributed by atoms with van der Waals surface area (Å²) in [7, 11) is 0. The molecule has 1 N–H and O–H groups in total. The summed E-state index contributed by atoms with van der Waals surface area (Å²) in [6, 6.07) is 7.94. The maximum absolute atomic E-state index is 12.4. The molecule has 2 nitrogen and oxygen atoms in total. The van der Waals surface area contributed by atoms with E-state index in [4.69, 9.17) is 0 Å². The zero-order valence-electron chi connectivity index (χ0n) is 10.3. The summed E-state index contributed by atoms with van der Waals surface area (Å²) in [5.74, 6) is 0.187. The molecule has 0 fully saturated rings. The number of hydrogen-bond donors (Lipinski definition) is 1. The standard InChI is InChI=1S/C14H16BrNOS/c1-2-16-12(5-7-15)14(17)11-4-3-10-6-8-18-13(10)9-11/h3-4,6,8-9,12,16H,2,5,7H2,1H3. The van der Waals surface area contributed by atoms with Gasteiger partial charge in [-0.15, -0.1) is 11.3 Å². The van der Waals surface area contributed by atoms with Gasteiger partial charge in [-0.2, -0.15) is 0 Å². The quantitative estimate of drug-likeness (QED) is 0.645. The van der Waals surface area contributed by atoms with Gasteiger partial charge in [0.15, 0.2) is 5.78 Å². The Kier molecular flexibility index (Phi) is 4.92. The number of thiophene rings is 1. The SMILES string of the molecule is CCNC(CCBr)C(=O)c1ccc2ccsc2c1. The van der Waals surface area contributed by atoms with Crippen LogP contribution in [0.25, 0.3) is 10.1 Å². The van der Waals surface area contributed by atoms with Gasteiger partial charge in [-0.05, 0) is 35.9 Å². The van der Waals surface area contributed by atoms with Gasteiger partial charge in [0, 0.05) is 15.6 Å². The number of ketones is 1. The highest BCUT2D eigenvalue weighted by Gasteiger charge is 2.18. The van der Waals surface area contributed by atoms with Crippen LogP contribution in [0.5, 0.6) is 0 Å². The molecule has 1 aromatic carbocycles. The van der Waals surface area contributed by atoms with E-state index in [1.807, 2.05) is 25.1 Å². The second-order valence-electron chi connectivity index (χ2n) is 4.13. The molecule has 0 aliphatic rings. The average Bonchev–Trinajstić information content (AvgIpc) is 2.84. The lowest BCUT2D eigenvalue weighted by Gasteiger charge is -2.15. The Morgan fingerprint density at radius 1 is 1.44 bits per heavy atom. The fourth-order valence-corrected chi connectivity index (χ4v) is 3.28. The van der Waals surface area contributed by atoms with Gasteiger partial charge in [0.2, 0.25) is 0 Å². The van der Waals surface area contributed by atoms with E-state index in [1.165, 1.54) is 10.1 Å². The van der Waals surface area contributed by atoms with Gasteiger partial charge in [0.25, 0.3) is 0 Å². The Balaban J connectivity index is 2.24. The van der Waals surface area contributed by atoms with Gasteiger partial charge < -0.3 is 5.32 Å². The van der Waals surface area contributed by atoms with Gasteiger partial charge in [0.05, 0.1) is 6.04 Å². The molecule has 0 saturated heterocycles. The van der Waals surface area contributed by atoms with Crippen molar-refractivity contribution in [2.24, 2.45) is 0 Å². The van der Waals surface area contributed by atoms with E-state index in [1.54, 1.807) is 11.3 Å². The minimum absolute atomic E-state index is 0.0909. The Morgan fingerprint density at radius 3 is 3.00 bits per heavy atom. The van der Waals surface area contributed by atoms with Crippen LogP contribution >= 0.6 is 27.3 Å². The third-order valence-corrected chi connectivity index (χ3v) is 4.24. The number of carbonyl (C=O) groups excluding carboxylic acids is 1. The minimum Gasteiger partial charge on any atom is -0.307 e. The lowest BCUT2D eigenvalue weighted by Crippen LogP contribution is -2.37. The molecule has 0 aliphatic heterocycles. The van der Waals surface area contributed by atoms with Crippen LogP contribution in [0, 0.1) is 0 Å². The number of alkyl halides is 1. The molecule has 0 spiro atoms. The summed E-state index contributed by atoms with van der Waals surface area (Å²) >= 11 is 5.08. The first-order valence-electron chi connectivity index (χ1n) is 6.07. The second kappa shape index (κ2) is 6.45. The molecule has 2 aromatic rings. The Labute approximate surface area is 120 Å². The van der Waals surface area contributed by atoms with Crippen LogP contribution in [0.15, 0.2) is 29.6 Å². The summed E-state index contributed by atoms with van der Waals surface area (Å²) < 4.78 is 1.18. The van der Waals surface area contributed by atoms with Gasteiger partial charge in [-0.3, -0.25) is 4.79 Å². The van der Waals surface area contributed by atoms with E-state index in [9.17, 15) is 4.79 Å². The zero-order valence-corrected chi connectivity index (χ0v) is 12.7. The summed E-state index contributed by atoms with van der Waals surface area (Å²) in [5.41, 5.74) is 0.803. The Morgan fingerprint density at radius 2 is 2.28 bits per heavy atom. The number of fused-ring (bicyclic) bond motifs is 1. The van der Waals surface area contributed by atoms with Gasteiger partial charge in [-0.1, -0.05) is 35.0 Å². The number of halogens is 1. The van der Waals surface area contributed by atoms with E-state index < -0.39 is 0 Å². The van der Waals surface area contributed by atoms with Gasteiger partial charge in [0.1, 0.15) is 0 Å². The van der Waals surface area contributed by atoms with Crippen molar-refractivity contribution < 1.29 is 4.79 Å². The second-order valence-corrected chi connectivity index (χ2v) is 5.87. The molecule has 0 amide bonds. The van der Waals surface area contributed by atoms with Crippen LogP contribution in [0.4, 0.5) is 0 Å². The molecule has 1 heterocycles.